The summed E-state index contributed by atoms with van der Waals surface area (Å²) in [5.74, 6) is -0.506. The molecule has 0 aliphatic carbocycles. The predicted octanol–water partition coefficient (Wildman–Crippen LogP) is 2.95. The van der Waals surface area contributed by atoms with Crippen molar-refractivity contribution in [2.45, 2.75) is 31.7 Å². The van der Waals surface area contributed by atoms with Crippen molar-refractivity contribution in [3.8, 4) is 0 Å². The number of nitrogens with zero attached hydrogens (tertiary/aromatic N) is 2. The number of rotatable bonds is 2. The van der Waals surface area contributed by atoms with Crippen LogP contribution in [-0.4, -0.2) is 33.7 Å². The van der Waals surface area contributed by atoms with E-state index in [4.69, 9.17) is 4.52 Å². The van der Waals surface area contributed by atoms with Gasteiger partial charge in [-0.25, -0.2) is 0 Å². The average Bonchev–Trinajstić information content (AvgIpc) is 3.12. The molecule has 1 aliphatic rings. The molecule has 1 saturated heterocycles. The zero-order valence-corrected chi connectivity index (χ0v) is 12.7. The van der Waals surface area contributed by atoms with Gasteiger partial charge in [-0.2, -0.15) is 13.2 Å². The molecular weight excluding hydrogens is 325 g/mol. The number of carbonyl (C=O) groups excluding carboxylic acids is 1. The number of likely N-dealkylation sites (tertiary alicyclic amines) is 1. The summed E-state index contributed by atoms with van der Waals surface area (Å²) in [6.07, 6.45) is -5.11. The number of amides is 1. The summed E-state index contributed by atoms with van der Waals surface area (Å²) in [5, 5.41) is 13.5. The Hall–Kier alpha value is -2.35. The molecule has 1 fully saturated rings. The molecular formula is C16H15F3N2O3. The van der Waals surface area contributed by atoms with Crippen LogP contribution in [0.4, 0.5) is 13.2 Å². The molecule has 24 heavy (non-hydrogen) atoms. The number of benzene rings is 1. The first-order valence-corrected chi connectivity index (χ1v) is 7.35. The maximum atomic E-state index is 12.9. The van der Waals surface area contributed by atoms with Gasteiger partial charge in [-0.15, -0.1) is 0 Å². The van der Waals surface area contributed by atoms with Gasteiger partial charge in [-0.05, 0) is 31.0 Å². The van der Waals surface area contributed by atoms with E-state index in [1.165, 1.54) is 23.1 Å². The first kappa shape index (κ1) is 16.5. The van der Waals surface area contributed by atoms with Gasteiger partial charge in [0.1, 0.15) is 0 Å². The molecule has 1 N–H and O–H groups in total. The van der Waals surface area contributed by atoms with Gasteiger partial charge in [-0.3, -0.25) is 4.79 Å². The molecule has 3 rings (SSSR count). The van der Waals surface area contributed by atoms with Crippen molar-refractivity contribution >= 4 is 5.91 Å². The molecule has 2 aromatic rings. The third-order valence-corrected chi connectivity index (χ3v) is 3.98. The lowest BCUT2D eigenvalue weighted by atomic mass is 10.0. The predicted molar refractivity (Wildman–Crippen MR) is 77.1 cm³/mol. The van der Waals surface area contributed by atoms with E-state index in [1.807, 2.05) is 0 Å². The number of aliphatic hydroxyl groups excluding tert-OH is 1. The number of halogens is 3. The number of hydrogen-bond acceptors (Lipinski definition) is 4. The second-order valence-electron chi connectivity index (χ2n) is 5.82. The van der Waals surface area contributed by atoms with Gasteiger partial charge < -0.3 is 14.5 Å². The summed E-state index contributed by atoms with van der Waals surface area (Å²) in [6, 6.07) is 5.60. The maximum absolute atomic E-state index is 12.9. The fourth-order valence-corrected chi connectivity index (χ4v) is 2.88. The number of carbonyl (C=O) groups is 1. The van der Waals surface area contributed by atoms with Crippen LogP contribution in [0.25, 0.3) is 0 Å². The molecule has 1 aliphatic heterocycles. The van der Waals surface area contributed by atoms with Crippen molar-refractivity contribution in [3.63, 3.8) is 0 Å². The molecule has 1 aromatic heterocycles. The standard InChI is InChI=1S/C16H15F3N2O3/c1-9-5-14(24-20-9)15(23)21-8-12(22)7-13(21)10-3-2-4-11(6-10)16(17,18)19/h2-6,12-13,22H,7-8H2,1H3. The van der Waals surface area contributed by atoms with Crippen LogP contribution in [0.1, 0.15) is 39.8 Å². The average molecular weight is 340 g/mol. The van der Waals surface area contributed by atoms with Crippen molar-refractivity contribution in [3.05, 3.63) is 52.9 Å². The molecule has 8 heteroatoms. The number of aryl methyl sites for hydroxylation is 1. The van der Waals surface area contributed by atoms with Gasteiger partial charge >= 0.3 is 6.18 Å². The maximum Gasteiger partial charge on any atom is 0.416 e. The van der Waals surface area contributed by atoms with Gasteiger partial charge in [-0.1, -0.05) is 17.3 Å². The van der Waals surface area contributed by atoms with E-state index in [-0.39, 0.29) is 18.7 Å². The lowest BCUT2D eigenvalue weighted by Gasteiger charge is -2.24. The highest BCUT2D eigenvalue weighted by Crippen LogP contribution is 2.36. The molecule has 0 bridgehead atoms. The highest BCUT2D eigenvalue weighted by Gasteiger charge is 2.38. The molecule has 1 aromatic carbocycles. The van der Waals surface area contributed by atoms with Crippen LogP contribution in [0, 0.1) is 6.92 Å². The van der Waals surface area contributed by atoms with Crippen molar-refractivity contribution in [2.75, 3.05) is 6.54 Å². The SMILES string of the molecule is Cc1cc(C(=O)N2CC(O)CC2c2cccc(C(F)(F)F)c2)on1. The summed E-state index contributed by atoms with van der Waals surface area (Å²) in [5.41, 5.74) is 0.0592. The Bertz CT molecular complexity index is 757. The van der Waals surface area contributed by atoms with Gasteiger partial charge in [0.25, 0.3) is 5.91 Å². The molecule has 0 saturated carbocycles. The Morgan fingerprint density at radius 1 is 1.38 bits per heavy atom. The van der Waals surface area contributed by atoms with Crippen LogP contribution in [0.15, 0.2) is 34.9 Å². The lowest BCUT2D eigenvalue weighted by Crippen LogP contribution is -2.31. The molecule has 2 heterocycles. The number of hydrogen-bond donors (Lipinski definition) is 1. The van der Waals surface area contributed by atoms with E-state index >= 15 is 0 Å². The minimum Gasteiger partial charge on any atom is -0.391 e. The molecule has 0 radical (unpaired) electrons. The minimum absolute atomic E-state index is 0.00132. The molecule has 1 amide bonds. The summed E-state index contributed by atoms with van der Waals surface area (Å²) < 4.78 is 43.6. The van der Waals surface area contributed by atoms with Crippen molar-refractivity contribution in [1.29, 1.82) is 0 Å². The fraction of sp³-hybridized carbons (Fsp3) is 0.375. The number of aliphatic hydroxyl groups is 1. The summed E-state index contributed by atoms with van der Waals surface area (Å²) in [6.45, 7) is 1.68. The van der Waals surface area contributed by atoms with Crippen LogP contribution in [0.2, 0.25) is 0 Å². The Morgan fingerprint density at radius 2 is 2.12 bits per heavy atom. The fourth-order valence-electron chi connectivity index (χ4n) is 2.88. The van der Waals surface area contributed by atoms with E-state index in [2.05, 4.69) is 5.16 Å². The smallest absolute Gasteiger partial charge is 0.391 e. The van der Waals surface area contributed by atoms with Crippen LogP contribution < -0.4 is 0 Å². The molecule has 2 unspecified atom stereocenters. The van der Waals surface area contributed by atoms with Gasteiger partial charge in [0.05, 0.1) is 23.4 Å². The Labute approximate surface area is 135 Å². The highest BCUT2D eigenvalue weighted by molar-refractivity contribution is 5.92. The number of β-amino-alcohol motifs (C(OH)–C–C–N with tert-alkyl or cyclic N) is 1. The monoisotopic (exact) mass is 340 g/mol. The van der Waals surface area contributed by atoms with Gasteiger partial charge in [0.2, 0.25) is 5.76 Å². The van der Waals surface area contributed by atoms with E-state index in [0.29, 0.717) is 11.3 Å². The van der Waals surface area contributed by atoms with E-state index in [0.717, 1.165) is 12.1 Å². The summed E-state index contributed by atoms with van der Waals surface area (Å²) in [7, 11) is 0. The molecule has 5 nitrogen and oxygen atoms in total. The van der Waals surface area contributed by atoms with Crippen LogP contribution in [-0.2, 0) is 6.18 Å². The van der Waals surface area contributed by atoms with E-state index < -0.39 is 29.8 Å². The molecule has 2 atom stereocenters. The zero-order valence-electron chi connectivity index (χ0n) is 12.7. The topological polar surface area (TPSA) is 66.6 Å². The van der Waals surface area contributed by atoms with Crippen LogP contribution in [0.5, 0.6) is 0 Å². The Morgan fingerprint density at radius 3 is 2.75 bits per heavy atom. The second kappa shape index (κ2) is 5.94. The van der Waals surface area contributed by atoms with E-state index in [1.54, 1.807) is 6.92 Å². The summed E-state index contributed by atoms with van der Waals surface area (Å²) in [4.78, 5) is 13.8. The zero-order chi connectivity index (χ0) is 17.5. The third kappa shape index (κ3) is 3.14. The van der Waals surface area contributed by atoms with Crippen LogP contribution >= 0.6 is 0 Å². The highest BCUT2D eigenvalue weighted by atomic mass is 19.4. The number of alkyl halides is 3. The Balaban J connectivity index is 1.92. The number of aromatic nitrogens is 1. The molecule has 0 spiro atoms. The third-order valence-electron chi connectivity index (χ3n) is 3.98. The minimum atomic E-state index is -4.47. The van der Waals surface area contributed by atoms with Gasteiger partial charge in [0, 0.05) is 12.6 Å². The quantitative estimate of drug-likeness (QED) is 0.913. The molecule has 128 valence electrons. The van der Waals surface area contributed by atoms with E-state index in [9.17, 15) is 23.1 Å². The first-order valence-electron chi connectivity index (χ1n) is 7.35. The van der Waals surface area contributed by atoms with Crippen LogP contribution in [0.3, 0.4) is 0 Å². The van der Waals surface area contributed by atoms with Crippen molar-refractivity contribution in [2.24, 2.45) is 0 Å². The van der Waals surface area contributed by atoms with Crippen molar-refractivity contribution < 1.29 is 27.6 Å². The normalized spacial score (nSPS) is 21.3. The van der Waals surface area contributed by atoms with Gasteiger partial charge in [0.15, 0.2) is 0 Å². The van der Waals surface area contributed by atoms with Crippen molar-refractivity contribution in [1.82, 2.24) is 10.1 Å². The largest absolute Gasteiger partial charge is 0.416 e. The summed E-state index contributed by atoms with van der Waals surface area (Å²) >= 11 is 0. The second-order valence-corrected chi connectivity index (χ2v) is 5.82. The lowest BCUT2D eigenvalue weighted by molar-refractivity contribution is -0.137. The Kier molecular flexibility index (Phi) is 4.08. The first-order chi connectivity index (χ1) is 11.3.